The number of ether oxygens (including phenoxy) is 1. The molecule has 2 aromatic rings. The van der Waals surface area contributed by atoms with E-state index >= 15 is 0 Å². The van der Waals surface area contributed by atoms with Gasteiger partial charge in [0, 0.05) is 26.2 Å². The number of carbonyl (C=O) groups excluding carboxylic acids is 1. The van der Waals surface area contributed by atoms with Crippen molar-refractivity contribution in [2.45, 2.75) is 37.1 Å². The van der Waals surface area contributed by atoms with Gasteiger partial charge in [0.2, 0.25) is 11.9 Å². The lowest BCUT2D eigenvalue weighted by Gasteiger charge is -2.28. The van der Waals surface area contributed by atoms with Gasteiger partial charge < -0.3 is 14.5 Å². The summed E-state index contributed by atoms with van der Waals surface area (Å²) >= 11 is 1.49. The van der Waals surface area contributed by atoms with E-state index in [0.717, 1.165) is 55.8 Å². The molecule has 2 saturated heterocycles. The van der Waals surface area contributed by atoms with Gasteiger partial charge in [-0.05, 0) is 38.8 Å². The standard InChI is InChI=1S/C20H27N5O2S/c1-15-5-7-17(8-6-15)25-19(24-11-13-27-14-12-24)21-22-20(25)28-16(2)18(26)23-9-3-4-10-23/h5-8,16H,3-4,9-14H2,1-2H3. The van der Waals surface area contributed by atoms with E-state index in [4.69, 9.17) is 4.74 Å². The largest absolute Gasteiger partial charge is 0.378 e. The first-order valence-corrected chi connectivity index (χ1v) is 10.8. The first-order chi connectivity index (χ1) is 13.6. The van der Waals surface area contributed by atoms with Gasteiger partial charge in [0.25, 0.3) is 0 Å². The maximum atomic E-state index is 12.8. The number of likely N-dealkylation sites (tertiary alicyclic amines) is 1. The first-order valence-electron chi connectivity index (χ1n) is 9.94. The van der Waals surface area contributed by atoms with Crippen molar-refractivity contribution in [2.75, 3.05) is 44.3 Å². The molecule has 2 aliphatic heterocycles. The SMILES string of the molecule is Cc1ccc(-n2c(SC(C)C(=O)N3CCCC3)nnc2N2CCOCC2)cc1. The second-order valence-corrected chi connectivity index (χ2v) is 8.65. The van der Waals surface area contributed by atoms with E-state index in [9.17, 15) is 4.79 Å². The molecule has 1 aromatic heterocycles. The molecule has 2 aliphatic rings. The van der Waals surface area contributed by atoms with Gasteiger partial charge in [0.05, 0.1) is 24.2 Å². The highest BCUT2D eigenvalue weighted by Gasteiger charge is 2.28. The van der Waals surface area contributed by atoms with Crippen LogP contribution in [0.5, 0.6) is 0 Å². The van der Waals surface area contributed by atoms with E-state index in [0.29, 0.717) is 13.2 Å². The van der Waals surface area contributed by atoms with Crippen LogP contribution in [0, 0.1) is 6.92 Å². The van der Waals surface area contributed by atoms with Gasteiger partial charge in [-0.3, -0.25) is 9.36 Å². The topological polar surface area (TPSA) is 63.5 Å². The van der Waals surface area contributed by atoms with Gasteiger partial charge in [-0.15, -0.1) is 10.2 Å². The van der Waals surface area contributed by atoms with Crippen LogP contribution in [-0.2, 0) is 9.53 Å². The van der Waals surface area contributed by atoms with Gasteiger partial charge in [-0.1, -0.05) is 29.5 Å². The maximum Gasteiger partial charge on any atom is 0.235 e. The Morgan fingerprint density at radius 1 is 1.07 bits per heavy atom. The van der Waals surface area contributed by atoms with Crippen LogP contribution in [0.4, 0.5) is 5.95 Å². The predicted molar refractivity (Wildman–Crippen MR) is 110 cm³/mol. The molecule has 1 amide bonds. The summed E-state index contributed by atoms with van der Waals surface area (Å²) < 4.78 is 7.56. The number of thioether (sulfide) groups is 1. The van der Waals surface area contributed by atoms with Crippen molar-refractivity contribution in [1.82, 2.24) is 19.7 Å². The summed E-state index contributed by atoms with van der Waals surface area (Å²) in [5.74, 6) is 1.00. The van der Waals surface area contributed by atoms with Crippen molar-refractivity contribution in [1.29, 1.82) is 0 Å². The number of carbonyl (C=O) groups is 1. The fourth-order valence-electron chi connectivity index (χ4n) is 3.63. The van der Waals surface area contributed by atoms with E-state index in [1.807, 2.05) is 11.8 Å². The number of aromatic nitrogens is 3. The Morgan fingerprint density at radius 3 is 2.43 bits per heavy atom. The fraction of sp³-hybridized carbons (Fsp3) is 0.550. The predicted octanol–water partition coefficient (Wildman–Crippen LogP) is 2.52. The molecule has 0 bridgehead atoms. The van der Waals surface area contributed by atoms with Crippen LogP contribution in [0.25, 0.3) is 5.69 Å². The summed E-state index contributed by atoms with van der Waals surface area (Å²) in [6.07, 6.45) is 2.20. The van der Waals surface area contributed by atoms with Crippen molar-refractivity contribution >= 4 is 23.6 Å². The number of rotatable bonds is 5. The number of benzene rings is 1. The third-order valence-corrected chi connectivity index (χ3v) is 6.28. The molecule has 1 unspecified atom stereocenters. The van der Waals surface area contributed by atoms with Crippen molar-refractivity contribution in [3.8, 4) is 5.69 Å². The number of anilines is 1. The Morgan fingerprint density at radius 2 is 1.75 bits per heavy atom. The molecule has 150 valence electrons. The normalized spacial score (nSPS) is 18.5. The molecule has 1 aromatic carbocycles. The number of hydrogen-bond donors (Lipinski definition) is 0. The molecule has 0 aliphatic carbocycles. The van der Waals surface area contributed by atoms with E-state index in [2.05, 4.69) is 50.9 Å². The van der Waals surface area contributed by atoms with Gasteiger partial charge >= 0.3 is 0 Å². The molecule has 0 saturated carbocycles. The molecule has 3 heterocycles. The van der Waals surface area contributed by atoms with Crippen molar-refractivity contribution < 1.29 is 9.53 Å². The zero-order chi connectivity index (χ0) is 19.5. The van der Waals surface area contributed by atoms with Crippen molar-refractivity contribution in [3.63, 3.8) is 0 Å². The second kappa shape index (κ2) is 8.53. The molecule has 1 atom stereocenters. The molecule has 7 nitrogen and oxygen atoms in total. The van der Waals surface area contributed by atoms with Crippen LogP contribution in [0.2, 0.25) is 0 Å². The molecule has 8 heteroatoms. The zero-order valence-corrected chi connectivity index (χ0v) is 17.3. The first kappa shape index (κ1) is 19.3. The highest BCUT2D eigenvalue weighted by Crippen LogP contribution is 2.30. The van der Waals surface area contributed by atoms with Gasteiger partial charge in [-0.2, -0.15) is 0 Å². The number of aryl methyl sites for hydroxylation is 1. The molecule has 28 heavy (non-hydrogen) atoms. The maximum absolute atomic E-state index is 12.8. The summed E-state index contributed by atoms with van der Waals surface area (Å²) in [6.45, 7) is 8.73. The lowest BCUT2D eigenvalue weighted by molar-refractivity contribution is -0.129. The number of amides is 1. The van der Waals surface area contributed by atoms with E-state index in [-0.39, 0.29) is 11.2 Å². The lowest BCUT2D eigenvalue weighted by Crippen LogP contribution is -2.38. The summed E-state index contributed by atoms with van der Waals surface area (Å²) in [6, 6.07) is 8.34. The monoisotopic (exact) mass is 401 g/mol. The lowest BCUT2D eigenvalue weighted by atomic mass is 10.2. The van der Waals surface area contributed by atoms with Crippen LogP contribution in [-0.4, -0.2) is 70.2 Å². The average Bonchev–Trinajstić information content (AvgIpc) is 3.39. The number of hydrogen-bond acceptors (Lipinski definition) is 6. The summed E-state index contributed by atoms with van der Waals surface area (Å²) in [5.41, 5.74) is 2.22. The third kappa shape index (κ3) is 4.03. The molecule has 0 spiro atoms. The van der Waals surface area contributed by atoms with E-state index < -0.39 is 0 Å². The molecular weight excluding hydrogens is 374 g/mol. The van der Waals surface area contributed by atoms with Crippen LogP contribution in [0.1, 0.15) is 25.3 Å². The smallest absolute Gasteiger partial charge is 0.235 e. The minimum atomic E-state index is -0.191. The third-order valence-electron chi connectivity index (χ3n) is 5.25. The Balaban J connectivity index is 1.63. The molecule has 2 fully saturated rings. The summed E-state index contributed by atoms with van der Waals surface area (Å²) in [7, 11) is 0. The Bertz CT molecular complexity index is 811. The highest BCUT2D eigenvalue weighted by molar-refractivity contribution is 8.00. The Hall–Kier alpha value is -2.06. The molecule has 0 N–H and O–H groups in total. The van der Waals surface area contributed by atoms with Crippen molar-refractivity contribution in [2.24, 2.45) is 0 Å². The quantitative estimate of drug-likeness (QED) is 0.718. The number of nitrogens with zero attached hydrogens (tertiary/aromatic N) is 5. The average molecular weight is 402 g/mol. The fourth-order valence-corrected chi connectivity index (χ4v) is 4.58. The zero-order valence-electron chi connectivity index (χ0n) is 16.5. The second-order valence-electron chi connectivity index (χ2n) is 7.35. The van der Waals surface area contributed by atoms with Crippen LogP contribution < -0.4 is 4.90 Å². The highest BCUT2D eigenvalue weighted by atomic mass is 32.2. The van der Waals surface area contributed by atoms with Crippen LogP contribution in [0.3, 0.4) is 0 Å². The molecule has 4 rings (SSSR count). The summed E-state index contributed by atoms with van der Waals surface area (Å²) in [4.78, 5) is 16.9. The Kier molecular flexibility index (Phi) is 5.87. The van der Waals surface area contributed by atoms with Gasteiger partial charge in [-0.25, -0.2) is 0 Å². The van der Waals surface area contributed by atoms with Crippen LogP contribution in [0.15, 0.2) is 29.4 Å². The van der Waals surface area contributed by atoms with Crippen LogP contribution >= 0.6 is 11.8 Å². The minimum absolute atomic E-state index is 0.189. The van der Waals surface area contributed by atoms with E-state index in [1.165, 1.54) is 17.3 Å². The minimum Gasteiger partial charge on any atom is -0.378 e. The summed E-state index contributed by atoms with van der Waals surface area (Å²) in [5, 5.41) is 9.51. The van der Waals surface area contributed by atoms with Gasteiger partial charge in [0.1, 0.15) is 0 Å². The van der Waals surface area contributed by atoms with Crippen molar-refractivity contribution in [3.05, 3.63) is 29.8 Å². The van der Waals surface area contributed by atoms with Gasteiger partial charge in [0.15, 0.2) is 5.16 Å². The molecule has 0 radical (unpaired) electrons. The van der Waals surface area contributed by atoms with E-state index in [1.54, 1.807) is 0 Å². The molecular formula is C20H27N5O2S. The number of morpholine rings is 1. The Labute approximate surface area is 170 Å².